The van der Waals surface area contributed by atoms with Crippen LogP contribution in [0.3, 0.4) is 0 Å². The van der Waals surface area contributed by atoms with Gasteiger partial charge in [-0.3, -0.25) is 10.1 Å². The highest BCUT2D eigenvalue weighted by atomic mass is 32.2. The summed E-state index contributed by atoms with van der Waals surface area (Å²) >= 11 is 1.47. The zero-order chi connectivity index (χ0) is 16.1. The zero-order valence-corrected chi connectivity index (χ0v) is 13.4. The Morgan fingerprint density at radius 3 is 2.82 bits per heavy atom. The Kier molecular flexibility index (Phi) is 5.16. The van der Waals surface area contributed by atoms with E-state index in [9.17, 15) is 10.1 Å². The van der Waals surface area contributed by atoms with Gasteiger partial charge in [-0.25, -0.2) is 9.97 Å². The molecular weight excluding hydrogens is 302 g/mol. The van der Waals surface area contributed by atoms with Gasteiger partial charge in [0.15, 0.2) is 5.16 Å². The van der Waals surface area contributed by atoms with Crippen molar-refractivity contribution in [2.45, 2.75) is 18.6 Å². The number of nitro benzene ring substituents is 1. The molecule has 22 heavy (non-hydrogen) atoms. The van der Waals surface area contributed by atoms with Gasteiger partial charge in [0.05, 0.1) is 4.92 Å². The third-order valence-corrected chi connectivity index (χ3v) is 3.72. The number of aryl methyl sites for hydroxylation is 1. The normalized spacial score (nSPS) is 10.3. The topological polar surface area (TPSA) is 93.0 Å². The lowest BCUT2D eigenvalue weighted by Gasteiger charge is -2.12. The van der Waals surface area contributed by atoms with Gasteiger partial charge in [-0.15, -0.1) is 0 Å². The minimum Gasteiger partial charge on any atom is -0.380 e. The number of aromatic nitrogens is 2. The van der Waals surface area contributed by atoms with Gasteiger partial charge in [0.2, 0.25) is 0 Å². The van der Waals surface area contributed by atoms with Crippen LogP contribution >= 0.6 is 11.8 Å². The van der Waals surface area contributed by atoms with Crippen molar-refractivity contribution < 1.29 is 4.92 Å². The Bertz CT molecular complexity index is 693. The fourth-order valence-electron chi connectivity index (χ4n) is 1.94. The van der Waals surface area contributed by atoms with Crippen LogP contribution in [0.15, 0.2) is 29.6 Å². The number of hydrogen-bond acceptors (Lipinski definition) is 7. The lowest BCUT2D eigenvalue weighted by atomic mass is 10.1. The van der Waals surface area contributed by atoms with E-state index in [2.05, 4.69) is 20.6 Å². The van der Waals surface area contributed by atoms with Crippen LogP contribution in [0.1, 0.15) is 11.1 Å². The molecular formula is C14H17N5O2S. The summed E-state index contributed by atoms with van der Waals surface area (Å²) in [7, 11) is 1.80. The van der Waals surface area contributed by atoms with Crippen molar-refractivity contribution in [1.29, 1.82) is 0 Å². The van der Waals surface area contributed by atoms with Crippen LogP contribution in [0, 0.1) is 17.0 Å². The summed E-state index contributed by atoms with van der Waals surface area (Å²) in [5.41, 5.74) is 2.63. The fraction of sp³-hybridized carbons (Fsp3) is 0.286. The number of nitro groups is 1. The first-order chi connectivity index (χ1) is 10.5. The lowest BCUT2D eigenvalue weighted by Crippen LogP contribution is -2.07. The molecule has 0 aliphatic carbocycles. The van der Waals surface area contributed by atoms with Crippen molar-refractivity contribution in [3.05, 3.63) is 45.6 Å². The van der Waals surface area contributed by atoms with Gasteiger partial charge in [-0.1, -0.05) is 17.8 Å². The molecule has 0 radical (unpaired) electrons. The van der Waals surface area contributed by atoms with Gasteiger partial charge >= 0.3 is 0 Å². The van der Waals surface area contributed by atoms with Crippen molar-refractivity contribution in [3.63, 3.8) is 0 Å². The van der Waals surface area contributed by atoms with E-state index in [4.69, 9.17) is 0 Å². The standard InChI is InChI=1S/C14H17N5O2S/c1-9-4-5-11(19(20)21)6-12(9)16-7-10-8-17-14(22-3)18-13(10)15-2/h4-6,8,16H,7H2,1-3H3,(H,15,17,18). The molecule has 0 saturated carbocycles. The Morgan fingerprint density at radius 2 is 2.18 bits per heavy atom. The molecule has 1 aromatic heterocycles. The summed E-state index contributed by atoms with van der Waals surface area (Å²) < 4.78 is 0. The number of nitrogens with zero attached hydrogens (tertiary/aromatic N) is 3. The molecule has 1 aromatic carbocycles. The first-order valence-electron chi connectivity index (χ1n) is 6.61. The Morgan fingerprint density at radius 1 is 1.41 bits per heavy atom. The predicted molar refractivity (Wildman–Crippen MR) is 88.5 cm³/mol. The highest BCUT2D eigenvalue weighted by Gasteiger charge is 2.10. The van der Waals surface area contributed by atoms with E-state index in [1.807, 2.05) is 13.2 Å². The first-order valence-corrected chi connectivity index (χ1v) is 7.84. The van der Waals surface area contributed by atoms with Crippen LogP contribution in [0.25, 0.3) is 0 Å². The summed E-state index contributed by atoms with van der Waals surface area (Å²) in [5.74, 6) is 0.745. The molecule has 2 N–H and O–H groups in total. The van der Waals surface area contributed by atoms with E-state index < -0.39 is 4.92 Å². The van der Waals surface area contributed by atoms with Crippen LogP contribution in [-0.2, 0) is 6.54 Å². The SMILES string of the molecule is CNc1nc(SC)ncc1CNc1cc([N+](=O)[O-])ccc1C. The van der Waals surface area contributed by atoms with Crippen molar-refractivity contribution in [1.82, 2.24) is 9.97 Å². The van der Waals surface area contributed by atoms with E-state index in [1.165, 1.54) is 23.9 Å². The largest absolute Gasteiger partial charge is 0.380 e. The van der Waals surface area contributed by atoms with Crippen LogP contribution in [0.4, 0.5) is 17.2 Å². The summed E-state index contributed by atoms with van der Waals surface area (Å²) in [6, 6.07) is 4.76. The summed E-state index contributed by atoms with van der Waals surface area (Å²) in [6.45, 7) is 2.38. The van der Waals surface area contributed by atoms with E-state index in [1.54, 1.807) is 19.3 Å². The highest BCUT2D eigenvalue weighted by Crippen LogP contribution is 2.23. The highest BCUT2D eigenvalue weighted by molar-refractivity contribution is 7.98. The Hall–Kier alpha value is -2.35. The van der Waals surface area contributed by atoms with E-state index in [-0.39, 0.29) is 5.69 Å². The predicted octanol–water partition coefficient (Wildman–Crippen LogP) is 3.07. The molecule has 0 spiro atoms. The molecule has 0 unspecified atom stereocenters. The quantitative estimate of drug-likeness (QED) is 0.366. The maximum Gasteiger partial charge on any atom is 0.271 e. The molecule has 0 atom stereocenters. The van der Waals surface area contributed by atoms with Crippen LogP contribution < -0.4 is 10.6 Å². The number of rotatable bonds is 6. The van der Waals surface area contributed by atoms with Gasteiger partial charge in [0, 0.05) is 43.2 Å². The smallest absolute Gasteiger partial charge is 0.271 e. The molecule has 0 aliphatic heterocycles. The molecule has 0 fully saturated rings. The molecule has 2 aromatic rings. The second kappa shape index (κ2) is 7.08. The van der Waals surface area contributed by atoms with Gasteiger partial charge in [-0.05, 0) is 18.7 Å². The van der Waals surface area contributed by atoms with Gasteiger partial charge in [0.1, 0.15) is 5.82 Å². The van der Waals surface area contributed by atoms with E-state index in [0.717, 1.165) is 22.6 Å². The summed E-state index contributed by atoms with van der Waals surface area (Å²) in [6.07, 6.45) is 3.67. The first kappa shape index (κ1) is 16.0. The maximum atomic E-state index is 10.9. The molecule has 0 bridgehead atoms. The van der Waals surface area contributed by atoms with Gasteiger partial charge in [0.25, 0.3) is 5.69 Å². The van der Waals surface area contributed by atoms with Crippen molar-refractivity contribution in [3.8, 4) is 0 Å². The molecule has 1 heterocycles. The average molecular weight is 319 g/mol. The third-order valence-electron chi connectivity index (χ3n) is 3.16. The van der Waals surface area contributed by atoms with Crippen molar-refractivity contribution in [2.75, 3.05) is 23.9 Å². The fourth-order valence-corrected chi connectivity index (χ4v) is 2.28. The number of thioether (sulfide) groups is 1. The van der Waals surface area contributed by atoms with Crippen LogP contribution in [0.5, 0.6) is 0 Å². The van der Waals surface area contributed by atoms with E-state index >= 15 is 0 Å². The Labute approximate surface area is 132 Å². The number of non-ortho nitro benzene ring substituents is 1. The summed E-state index contributed by atoms with van der Waals surface area (Å²) in [4.78, 5) is 19.1. The Balaban J connectivity index is 2.19. The molecule has 2 rings (SSSR count). The summed E-state index contributed by atoms with van der Waals surface area (Å²) in [5, 5.41) is 17.8. The minimum atomic E-state index is -0.403. The molecule has 8 heteroatoms. The minimum absolute atomic E-state index is 0.0657. The van der Waals surface area contributed by atoms with Crippen LogP contribution in [-0.4, -0.2) is 28.2 Å². The lowest BCUT2D eigenvalue weighted by molar-refractivity contribution is -0.384. The second-order valence-corrected chi connectivity index (χ2v) is 5.36. The number of anilines is 2. The number of hydrogen-bond donors (Lipinski definition) is 2. The number of nitrogens with one attached hydrogen (secondary N) is 2. The number of benzene rings is 1. The molecule has 0 amide bonds. The molecule has 0 saturated heterocycles. The molecule has 0 aliphatic rings. The van der Waals surface area contributed by atoms with E-state index in [0.29, 0.717) is 11.7 Å². The molecule has 7 nitrogen and oxygen atoms in total. The maximum absolute atomic E-state index is 10.9. The van der Waals surface area contributed by atoms with Crippen molar-refractivity contribution in [2.24, 2.45) is 0 Å². The third kappa shape index (κ3) is 3.64. The zero-order valence-electron chi connectivity index (χ0n) is 12.6. The average Bonchev–Trinajstić information content (AvgIpc) is 2.53. The van der Waals surface area contributed by atoms with Gasteiger partial charge < -0.3 is 10.6 Å². The van der Waals surface area contributed by atoms with Crippen molar-refractivity contribution >= 4 is 29.0 Å². The van der Waals surface area contributed by atoms with Crippen LogP contribution in [0.2, 0.25) is 0 Å². The second-order valence-electron chi connectivity index (χ2n) is 4.59. The molecule has 116 valence electrons. The monoisotopic (exact) mass is 319 g/mol. The van der Waals surface area contributed by atoms with Gasteiger partial charge in [-0.2, -0.15) is 0 Å².